The molecule has 0 saturated carbocycles. The number of nitrogens with one attached hydrogen (secondary N) is 1. The molecule has 7 heteroatoms. The molecule has 168 valence electrons. The minimum absolute atomic E-state index is 0.0152. The van der Waals surface area contributed by atoms with Gasteiger partial charge in [0.15, 0.2) is 0 Å². The second kappa shape index (κ2) is 10.3. The topological polar surface area (TPSA) is 70.7 Å². The normalized spacial score (nSPS) is 21.5. The Hall–Kier alpha value is -2.38. The standard InChI is InChI=1S/C24H34N4O3/c1-30-15-14-28(17-18-8-7-13-27-12-6-5-10-22(18)27)24(29)21-16-20(25-26-21)19-9-3-4-11-23(19)31-2/h3-4,9,11,16,18,22H,5-8,10,12-15,17H2,1-2H3,(H,25,26)/t18-,22-/m0/s1. The van der Waals surface area contributed by atoms with Crippen LogP contribution in [-0.4, -0.2) is 79.0 Å². The highest BCUT2D eigenvalue weighted by Crippen LogP contribution is 2.32. The van der Waals surface area contributed by atoms with Crippen LogP contribution in [0.4, 0.5) is 0 Å². The zero-order valence-corrected chi connectivity index (χ0v) is 18.7. The van der Waals surface area contributed by atoms with Crippen molar-refractivity contribution < 1.29 is 14.3 Å². The van der Waals surface area contributed by atoms with Gasteiger partial charge in [0, 0.05) is 31.8 Å². The predicted octanol–water partition coefficient (Wildman–Crippen LogP) is 3.44. The fraction of sp³-hybridized carbons (Fsp3) is 0.583. The monoisotopic (exact) mass is 426 g/mol. The number of hydrogen-bond donors (Lipinski definition) is 1. The van der Waals surface area contributed by atoms with Crippen LogP contribution in [0.2, 0.25) is 0 Å². The lowest BCUT2D eigenvalue weighted by Crippen LogP contribution is -2.52. The summed E-state index contributed by atoms with van der Waals surface area (Å²) in [5, 5.41) is 7.36. The number of carbonyl (C=O) groups excluding carboxylic acids is 1. The van der Waals surface area contributed by atoms with E-state index in [9.17, 15) is 4.79 Å². The fourth-order valence-corrected chi connectivity index (χ4v) is 5.15. The van der Waals surface area contributed by atoms with Crippen LogP contribution in [0.5, 0.6) is 5.75 Å². The molecular formula is C24H34N4O3. The molecule has 2 fully saturated rings. The van der Waals surface area contributed by atoms with Crippen LogP contribution in [0.3, 0.4) is 0 Å². The number of fused-ring (bicyclic) bond motifs is 1. The first kappa shape index (κ1) is 21.8. The number of piperidine rings is 2. The van der Waals surface area contributed by atoms with Crippen molar-refractivity contribution in [1.82, 2.24) is 20.0 Å². The van der Waals surface area contributed by atoms with Gasteiger partial charge in [-0.15, -0.1) is 0 Å². The van der Waals surface area contributed by atoms with Crippen LogP contribution in [-0.2, 0) is 4.74 Å². The summed E-state index contributed by atoms with van der Waals surface area (Å²) in [6.07, 6.45) is 6.25. The maximum atomic E-state index is 13.4. The van der Waals surface area contributed by atoms with Gasteiger partial charge in [0.25, 0.3) is 5.91 Å². The number of amides is 1. The van der Waals surface area contributed by atoms with Gasteiger partial charge in [-0.2, -0.15) is 5.10 Å². The van der Waals surface area contributed by atoms with Crippen LogP contribution in [0, 0.1) is 5.92 Å². The van der Waals surface area contributed by atoms with E-state index in [0.717, 1.165) is 17.9 Å². The number of carbonyl (C=O) groups is 1. The molecule has 2 aliphatic rings. The summed E-state index contributed by atoms with van der Waals surface area (Å²) in [5.41, 5.74) is 2.09. The van der Waals surface area contributed by atoms with E-state index in [2.05, 4.69) is 15.1 Å². The number of benzene rings is 1. The molecule has 2 saturated heterocycles. The Morgan fingerprint density at radius 1 is 1.19 bits per heavy atom. The second-order valence-corrected chi connectivity index (χ2v) is 8.61. The number of para-hydroxylation sites is 1. The summed E-state index contributed by atoms with van der Waals surface area (Å²) in [5.74, 6) is 1.24. The number of aromatic nitrogens is 2. The quantitative estimate of drug-likeness (QED) is 0.700. The molecule has 2 atom stereocenters. The van der Waals surface area contributed by atoms with Gasteiger partial charge in [-0.05, 0) is 62.9 Å². The molecule has 2 aromatic rings. The smallest absolute Gasteiger partial charge is 0.271 e. The van der Waals surface area contributed by atoms with Crippen molar-refractivity contribution in [1.29, 1.82) is 0 Å². The highest BCUT2D eigenvalue weighted by atomic mass is 16.5. The van der Waals surface area contributed by atoms with Crippen molar-refractivity contribution in [2.75, 3.05) is 47.0 Å². The van der Waals surface area contributed by atoms with Crippen molar-refractivity contribution in [3.63, 3.8) is 0 Å². The van der Waals surface area contributed by atoms with Crippen LogP contribution >= 0.6 is 0 Å². The highest BCUT2D eigenvalue weighted by Gasteiger charge is 2.35. The Kier molecular flexibility index (Phi) is 7.25. The van der Waals surface area contributed by atoms with Gasteiger partial charge in [0.2, 0.25) is 0 Å². The molecule has 3 heterocycles. The van der Waals surface area contributed by atoms with E-state index >= 15 is 0 Å². The minimum Gasteiger partial charge on any atom is -0.496 e. The van der Waals surface area contributed by atoms with E-state index in [1.165, 1.54) is 45.2 Å². The van der Waals surface area contributed by atoms with Gasteiger partial charge >= 0.3 is 0 Å². The van der Waals surface area contributed by atoms with Gasteiger partial charge in [0.1, 0.15) is 11.4 Å². The zero-order valence-electron chi connectivity index (χ0n) is 18.7. The zero-order chi connectivity index (χ0) is 21.6. The van der Waals surface area contributed by atoms with Crippen molar-refractivity contribution in [2.24, 2.45) is 5.92 Å². The van der Waals surface area contributed by atoms with E-state index in [-0.39, 0.29) is 5.91 Å². The number of nitrogens with zero attached hydrogens (tertiary/aromatic N) is 3. The number of hydrogen-bond acceptors (Lipinski definition) is 5. The highest BCUT2D eigenvalue weighted by molar-refractivity contribution is 5.93. The Balaban J connectivity index is 1.51. The van der Waals surface area contributed by atoms with Gasteiger partial charge in [0.05, 0.1) is 19.4 Å². The second-order valence-electron chi connectivity index (χ2n) is 8.61. The molecule has 0 aliphatic carbocycles. The molecule has 1 aromatic carbocycles. The van der Waals surface area contributed by atoms with E-state index in [4.69, 9.17) is 9.47 Å². The minimum atomic E-state index is -0.0152. The van der Waals surface area contributed by atoms with Crippen molar-refractivity contribution >= 4 is 5.91 Å². The van der Waals surface area contributed by atoms with Crippen molar-refractivity contribution in [3.05, 3.63) is 36.0 Å². The van der Waals surface area contributed by atoms with Crippen LogP contribution in [0.25, 0.3) is 11.3 Å². The molecule has 1 N–H and O–H groups in total. The maximum Gasteiger partial charge on any atom is 0.271 e. The van der Waals surface area contributed by atoms with Crippen LogP contribution in [0.1, 0.15) is 42.6 Å². The van der Waals surface area contributed by atoms with Crippen LogP contribution in [0.15, 0.2) is 30.3 Å². The molecule has 1 aromatic heterocycles. The third-order valence-corrected chi connectivity index (χ3v) is 6.73. The largest absolute Gasteiger partial charge is 0.496 e. The molecule has 0 radical (unpaired) electrons. The molecule has 2 aliphatic heterocycles. The van der Waals surface area contributed by atoms with E-state index < -0.39 is 0 Å². The lowest BCUT2D eigenvalue weighted by Gasteiger charge is -2.45. The lowest BCUT2D eigenvalue weighted by atomic mass is 9.83. The van der Waals surface area contributed by atoms with Crippen molar-refractivity contribution in [2.45, 2.75) is 38.1 Å². The number of H-pyrrole nitrogens is 1. The summed E-state index contributed by atoms with van der Waals surface area (Å²) < 4.78 is 10.8. The first-order valence-corrected chi connectivity index (χ1v) is 11.4. The maximum absolute atomic E-state index is 13.4. The summed E-state index contributed by atoms with van der Waals surface area (Å²) in [6, 6.07) is 10.1. The molecule has 1 amide bonds. The summed E-state index contributed by atoms with van der Waals surface area (Å²) in [6.45, 7) is 4.29. The molecule has 0 spiro atoms. The average molecular weight is 427 g/mol. The summed E-state index contributed by atoms with van der Waals surface area (Å²) in [7, 11) is 3.32. The fourth-order valence-electron chi connectivity index (χ4n) is 5.15. The average Bonchev–Trinajstić information content (AvgIpc) is 3.31. The first-order valence-electron chi connectivity index (χ1n) is 11.4. The third kappa shape index (κ3) is 4.93. The molecule has 7 nitrogen and oxygen atoms in total. The molecular weight excluding hydrogens is 392 g/mol. The Bertz CT molecular complexity index is 866. The Labute approximate surface area is 184 Å². The Morgan fingerprint density at radius 3 is 2.87 bits per heavy atom. The van der Waals surface area contributed by atoms with Gasteiger partial charge in [-0.3, -0.25) is 9.89 Å². The first-order chi connectivity index (χ1) is 15.2. The van der Waals surface area contributed by atoms with Gasteiger partial charge < -0.3 is 19.3 Å². The predicted molar refractivity (Wildman–Crippen MR) is 120 cm³/mol. The third-order valence-electron chi connectivity index (χ3n) is 6.73. The number of ether oxygens (including phenoxy) is 2. The Morgan fingerprint density at radius 2 is 2.03 bits per heavy atom. The van der Waals surface area contributed by atoms with E-state index in [1.54, 1.807) is 14.2 Å². The van der Waals surface area contributed by atoms with Gasteiger partial charge in [-0.25, -0.2) is 0 Å². The van der Waals surface area contributed by atoms with Gasteiger partial charge in [-0.1, -0.05) is 18.6 Å². The molecule has 0 unspecified atom stereocenters. The lowest BCUT2D eigenvalue weighted by molar-refractivity contribution is 0.0313. The number of aromatic amines is 1. The molecule has 0 bridgehead atoms. The van der Waals surface area contributed by atoms with Crippen LogP contribution < -0.4 is 4.74 Å². The molecule has 31 heavy (non-hydrogen) atoms. The summed E-state index contributed by atoms with van der Waals surface area (Å²) >= 11 is 0. The molecule has 4 rings (SSSR count). The SMILES string of the molecule is COCCN(C[C@@H]1CCCN2CCCC[C@@H]12)C(=O)c1cc(-c2ccccc2OC)n[nH]1. The summed E-state index contributed by atoms with van der Waals surface area (Å²) in [4.78, 5) is 18.0. The number of methoxy groups -OCH3 is 2. The van der Waals surface area contributed by atoms with Crippen molar-refractivity contribution in [3.8, 4) is 17.0 Å². The van der Waals surface area contributed by atoms with E-state index in [1.807, 2.05) is 35.2 Å². The van der Waals surface area contributed by atoms with E-state index in [0.29, 0.717) is 36.5 Å². The number of rotatable bonds is 8.